The SMILES string of the molecule is CN1CCC=C(C2SCC(=O)N2c2ccc(Br)cc2)C1. The van der Waals surface area contributed by atoms with E-state index in [0.717, 1.165) is 29.7 Å². The van der Waals surface area contributed by atoms with E-state index in [4.69, 9.17) is 0 Å². The fraction of sp³-hybridized carbons (Fsp3) is 0.400. The summed E-state index contributed by atoms with van der Waals surface area (Å²) in [6.07, 6.45) is 3.38. The van der Waals surface area contributed by atoms with E-state index in [0.29, 0.717) is 5.75 Å². The highest BCUT2D eigenvalue weighted by atomic mass is 79.9. The van der Waals surface area contributed by atoms with Crippen LogP contribution in [0.4, 0.5) is 5.69 Å². The van der Waals surface area contributed by atoms with Gasteiger partial charge in [-0.25, -0.2) is 0 Å². The Balaban J connectivity index is 1.89. The van der Waals surface area contributed by atoms with Crippen molar-refractivity contribution >= 4 is 39.3 Å². The molecule has 2 aliphatic heterocycles. The third-order valence-electron chi connectivity index (χ3n) is 3.66. The predicted molar refractivity (Wildman–Crippen MR) is 88.1 cm³/mol. The summed E-state index contributed by atoms with van der Waals surface area (Å²) in [6, 6.07) is 8.00. The molecule has 0 aromatic heterocycles. The maximum atomic E-state index is 12.2. The Bertz CT molecular complexity index is 543. The van der Waals surface area contributed by atoms with Crippen LogP contribution in [0.5, 0.6) is 0 Å². The van der Waals surface area contributed by atoms with Gasteiger partial charge in [-0.3, -0.25) is 9.69 Å². The number of carbonyl (C=O) groups excluding carboxylic acids is 1. The van der Waals surface area contributed by atoms with Crippen LogP contribution in [0.3, 0.4) is 0 Å². The molecule has 1 saturated heterocycles. The van der Waals surface area contributed by atoms with E-state index in [1.54, 1.807) is 11.8 Å². The van der Waals surface area contributed by atoms with Crippen LogP contribution in [0.15, 0.2) is 40.4 Å². The summed E-state index contributed by atoms with van der Waals surface area (Å²) in [6.45, 7) is 2.06. The van der Waals surface area contributed by atoms with Crippen LogP contribution in [0.1, 0.15) is 6.42 Å². The fourth-order valence-electron chi connectivity index (χ4n) is 2.68. The maximum Gasteiger partial charge on any atom is 0.238 e. The molecule has 106 valence electrons. The van der Waals surface area contributed by atoms with Crippen LogP contribution in [0.25, 0.3) is 0 Å². The molecular weight excluding hydrogens is 336 g/mol. The number of halogens is 1. The normalized spacial score (nSPS) is 24.1. The number of hydrogen-bond donors (Lipinski definition) is 0. The fourth-order valence-corrected chi connectivity index (χ4v) is 4.16. The highest BCUT2D eigenvalue weighted by molar-refractivity contribution is 9.10. The summed E-state index contributed by atoms with van der Waals surface area (Å²) >= 11 is 5.18. The van der Waals surface area contributed by atoms with E-state index in [1.165, 1.54) is 5.57 Å². The van der Waals surface area contributed by atoms with Crippen LogP contribution >= 0.6 is 27.7 Å². The first-order valence-electron chi connectivity index (χ1n) is 6.72. The smallest absolute Gasteiger partial charge is 0.238 e. The molecular formula is C15H17BrN2OS. The molecule has 0 aliphatic carbocycles. The Morgan fingerprint density at radius 1 is 1.30 bits per heavy atom. The molecule has 20 heavy (non-hydrogen) atoms. The molecule has 0 radical (unpaired) electrons. The number of amides is 1. The summed E-state index contributed by atoms with van der Waals surface area (Å²) in [5.41, 5.74) is 2.35. The predicted octanol–water partition coefficient (Wildman–Crippen LogP) is 3.12. The Morgan fingerprint density at radius 3 is 2.75 bits per heavy atom. The van der Waals surface area contributed by atoms with Gasteiger partial charge in [0.2, 0.25) is 5.91 Å². The monoisotopic (exact) mass is 352 g/mol. The van der Waals surface area contributed by atoms with Gasteiger partial charge in [0, 0.05) is 23.2 Å². The molecule has 1 aromatic rings. The Kier molecular flexibility index (Phi) is 4.19. The van der Waals surface area contributed by atoms with Gasteiger partial charge >= 0.3 is 0 Å². The lowest BCUT2D eigenvalue weighted by Gasteiger charge is -2.31. The van der Waals surface area contributed by atoms with Crippen molar-refractivity contribution in [1.29, 1.82) is 0 Å². The number of anilines is 1. The Labute approximate surface area is 132 Å². The molecule has 1 atom stereocenters. The Morgan fingerprint density at radius 2 is 2.05 bits per heavy atom. The molecule has 0 bridgehead atoms. The third-order valence-corrected chi connectivity index (χ3v) is 5.43. The van der Waals surface area contributed by atoms with E-state index in [-0.39, 0.29) is 11.3 Å². The number of carbonyl (C=O) groups is 1. The Hall–Kier alpha value is -0.780. The average Bonchev–Trinajstić information content (AvgIpc) is 2.82. The minimum atomic E-state index is 0.159. The van der Waals surface area contributed by atoms with Gasteiger partial charge in [-0.2, -0.15) is 0 Å². The van der Waals surface area contributed by atoms with Crippen molar-refractivity contribution in [3.63, 3.8) is 0 Å². The summed E-state index contributed by atoms with van der Waals surface area (Å²) in [7, 11) is 2.14. The standard InChI is InChI=1S/C15H17BrN2OS/c1-17-8-2-3-11(9-17)15-18(14(19)10-20-15)13-6-4-12(16)5-7-13/h3-7,15H,2,8-10H2,1H3. The van der Waals surface area contributed by atoms with Gasteiger partial charge in [-0.05, 0) is 43.3 Å². The van der Waals surface area contributed by atoms with Crippen molar-refractivity contribution in [2.75, 3.05) is 30.8 Å². The first-order valence-corrected chi connectivity index (χ1v) is 8.56. The van der Waals surface area contributed by atoms with Crippen LogP contribution in [0.2, 0.25) is 0 Å². The van der Waals surface area contributed by atoms with Crippen LogP contribution in [0, 0.1) is 0 Å². The van der Waals surface area contributed by atoms with E-state index < -0.39 is 0 Å². The summed E-state index contributed by atoms with van der Waals surface area (Å²) in [4.78, 5) is 16.5. The zero-order chi connectivity index (χ0) is 14.1. The molecule has 0 N–H and O–H groups in total. The quantitative estimate of drug-likeness (QED) is 0.764. The molecule has 2 aliphatic rings. The van der Waals surface area contributed by atoms with Crippen molar-refractivity contribution in [2.45, 2.75) is 11.8 Å². The van der Waals surface area contributed by atoms with Gasteiger partial charge in [0.25, 0.3) is 0 Å². The second-order valence-corrected chi connectivity index (χ2v) is 7.19. The molecule has 5 heteroatoms. The average molecular weight is 353 g/mol. The van der Waals surface area contributed by atoms with E-state index >= 15 is 0 Å². The van der Waals surface area contributed by atoms with Gasteiger partial charge in [-0.15, -0.1) is 11.8 Å². The first-order chi connectivity index (χ1) is 9.65. The van der Waals surface area contributed by atoms with E-state index in [1.807, 2.05) is 29.2 Å². The number of hydrogen-bond acceptors (Lipinski definition) is 3. The van der Waals surface area contributed by atoms with Gasteiger partial charge in [0.15, 0.2) is 0 Å². The van der Waals surface area contributed by atoms with Crippen molar-refractivity contribution in [2.24, 2.45) is 0 Å². The molecule has 2 heterocycles. The number of nitrogens with zero attached hydrogens (tertiary/aromatic N) is 2. The van der Waals surface area contributed by atoms with E-state index in [9.17, 15) is 4.79 Å². The van der Waals surface area contributed by atoms with Crippen LogP contribution in [-0.2, 0) is 4.79 Å². The van der Waals surface area contributed by atoms with Gasteiger partial charge in [0.05, 0.1) is 5.75 Å². The van der Waals surface area contributed by atoms with Crippen LogP contribution in [-0.4, -0.2) is 42.1 Å². The summed E-state index contributed by atoms with van der Waals surface area (Å²) in [5.74, 6) is 0.776. The molecule has 0 saturated carbocycles. The van der Waals surface area contributed by atoms with Gasteiger partial charge < -0.3 is 4.90 Å². The number of rotatable bonds is 2. The lowest BCUT2D eigenvalue weighted by atomic mass is 10.1. The number of benzene rings is 1. The van der Waals surface area contributed by atoms with Crippen molar-refractivity contribution in [1.82, 2.24) is 4.90 Å². The number of likely N-dealkylation sites (N-methyl/N-ethyl adjacent to an activating group) is 1. The molecule has 3 rings (SSSR count). The lowest BCUT2D eigenvalue weighted by Crippen LogP contribution is -2.38. The molecule has 1 aromatic carbocycles. The zero-order valence-electron chi connectivity index (χ0n) is 11.4. The molecule has 3 nitrogen and oxygen atoms in total. The third kappa shape index (κ3) is 2.80. The minimum Gasteiger partial charge on any atom is -0.302 e. The second-order valence-electron chi connectivity index (χ2n) is 5.21. The number of thioether (sulfide) groups is 1. The maximum absolute atomic E-state index is 12.2. The molecule has 1 unspecified atom stereocenters. The minimum absolute atomic E-state index is 0.159. The molecule has 1 amide bonds. The van der Waals surface area contributed by atoms with Crippen molar-refractivity contribution in [3.8, 4) is 0 Å². The largest absolute Gasteiger partial charge is 0.302 e. The highest BCUT2D eigenvalue weighted by Crippen LogP contribution is 2.36. The van der Waals surface area contributed by atoms with Gasteiger partial charge in [-0.1, -0.05) is 22.0 Å². The zero-order valence-corrected chi connectivity index (χ0v) is 13.8. The lowest BCUT2D eigenvalue weighted by molar-refractivity contribution is -0.115. The molecule has 0 spiro atoms. The first kappa shape index (κ1) is 14.2. The van der Waals surface area contributed by atoms with Crippen LogP contribution < -0.4 is 4.90 Å². The summed E-state index contributed by atoms with van der Waals surface area (Å²) < 4.78 is 1.04. The topological polar surface area (TPSA) is 23.6 Å². The molecule has 1 fully saturated rings. The second kappa shape index (κ2) is 5.92. The highest BCUT2D eigenvalue weighted by Gasteiger charge is 2.35. The van der Waals surface area contributed by atoms with Crippen molar-refractivity contribution < 1.29 is 4.79 Å². The van der Waals surface area contributed by atoms with Crippen molar-refractivity contribution in [3.05, 3.63) is 40.4 Å². The van der Waals surface area contributed by atoms with E-state index in [2.05, 4.69) is 34.0 Å². The van der Waals surface area contributed by atoms with Gasteiger partial charge in [0.1, 0.15) is 5.37 Å². The summed E-state index contributed by atoms with van der Waals surface area (Å²) in [5, 5.41) is 0.159.